The Hall–Kier alpha value is -3.02. The first-order valence-electron chi connectivity index (χ1n) is 9.27. The number of ether oxygens (including phenoxy) is 3. The largest absolute Gasteiger partial charge is 0.507 e. The van der Waals surface area contributed by atoms with Gasteiger partial charge in [-0.3, -0.25) is 0 Å². The molecule has 0 unspecified atom stereocenters. The van der Waals surface area contributed by atoms with Crippen molar-refractivity contribution in [2.45, 2.75) is 30.7 Å². The van der Waals surface area contributed by atoms with E-state index in [0.717, 1.165) is 0 Å². The van der Waals surface area contributed by atoms with Crippen LogP contribution < -0.4 is 9.47 Å². The van der Waals surface area contributed by atoms with Gasteiger partial charge in [0.05, 0.1) is 19.3 Å². The van der Waals surface area contributed by atoms with Crippen molar-refractivity contribution in [2.24, 2.45) is 0 Å². The molecule has 10 nitrogen and oxygen atoms in total. The molecule has 0 saturated carbocycles. The first-order valence-corrected chi connectivity index (χ1v) is 9.27. The lowest BCUT2D eigenvalue weighted by atomic mass is 9.96. The summed E-state index contributed by atoms with van der Waals surface area (Å²) in [5.74, 6) is -0.909. The minimum atomic E-state index is -1.68. The maximum Gasteiger partial charge on any atom is 0.229 e. The molecule has 31 heavy (non-hydrogen) atoms. The fourth-order valence-corrected chi connectivity index (χ4v) is 3.24. The van der Waals surface area contributed by atoms with Crippen LogP contribution in [0.15, 0.2) is 36.9 Å². The Kier molecular flexibility index (Phi) is 6.58. The second kappa shape index (κ2) is 9.00. The average Bonchev–Trinajstić information content (AvgIpc) is 2.75. The molecule has 0 spiro atoms. The molecule has 2 aromatic carbocycles. The van der Waals surface area contributed by atoms with Gasteiger partial charge in [-0.15, -0.1) is 0 Å². The lowest BCUT2D eigenvalue weighted by molar-refractivity contribution is -0.277. The van der Waals surface area contributed by atoms with E-state index in [1.807, 2.05) is 0 Å². The molecule has 1 aliphatic rings. The summed E-state index contributed by atoms with van der Waals surface area (Å²) in [6.07, 6.45) is -7.60. The number of aromatic hydroxyl groups is 3. The molecule has 168 valence electrons. The molecule has 5 atom stereocenters. The number of aliphatic hydroxyl groups excluding tert-OH is 4. The summed E-state index contributed by atoms with van der Waals surface area (Å²) in [5.41, 5.74) is 0.590. The zero-order valence-corrected chi connectivity index (χ0v) is 16.5. The Morgan fingerprint density at radius 3 is 2.29 bits per heavy atom. The van der Waals surface area contributed by atoms with Crippen LogP contribution in [0.2, 0.25) is 0 Å². The molecule has 0 aromatic heterocycles. The summed E-state index contributed by atoms with van der Waals surface area (Å²) < 4.78 is 16.2. The minimum absolute atomic E-state index is 0.0567. The van der Waals surface area contributed by atoms with Gasteiger partial charge in [-0.05, 0) is 23.3 Å². The van der Waals surface area contributed by atoms with Crippen molar-refractivity contribution in [3.63, 3.8) is 0 Å². The Morgan fingerprint density at radius 1 is 0.968 bits per heavy atom. The number of methoxy groups -OCH3 is 1. The molecule has 1 aliphatic heterocycles. The number of aliphatic hydroxyl groups is 4. The second-order valence-electron chi connectivity index (χ2n) is 7.02. The van der Waals surface area contributed by atoms with Crippen LogP contribution in [-0.4, -0.2) is 80.2 Å². The predicted octanol–water partition coefficient (Wildman–Crippen LogP) is 0.0522. The molecule has 2 aromatic rings. The first-order chi connectivity index (χ1) is 14.7. The number of phenols is 3. The van der Waals surface area contributed by atoms with Crippen LogP contribution in [-0.2, 0) is 4.74 Å². The Balaban J connectivity index is 2.02. The highest BCUT2D eigenvalue weighted by Crippen LogP contribution is 2.42. The van der Waals surface area contributed by atoms with E-state index in [2.05, 4.69) is 6.58 Å². The molecule has 10 heteroatoms. The van der Waals surface area contributed by atoms with Crippen molar-refractivity contribution in [3.8, 4) is 28.7 Å². The first kappa shape index (κ1) is 22.7. The zero-order valence-electron chi connectivity index (χ0n) is 16.5. The third kappa shape index (κ3) is 4.38. The van der Waals surface area contributed by atoms with Crippen molar-refractivity contribution >= 4 is 5.57 Å². The molecule has 1 heterocycles. The maximum atomic E-state index is 10.6. The SMILES string of the molecule is C=C(c1ccc(O)c(O)c1)c1c(O)cc(OC)cc1O[C@H]1O[C@@H](CO)[C@H](O)[C@H](O)[C@@H]1O. The smallest absolute Gasteiger partial charge is 0.229 e. The van der Waals surface area contributed by atoms with Crippen molar-refractivity contribution in [3.05, 3.63) is 48.0 Å². The maximum absolute atomic E-state index is 10.6. The lowest BCUT2D eigenvalue weighted by Gasteiger charge is -2.39. The van der Waals surface area contributed by atoms with E-state index in [9.17, 15) is 35.7 Å². The van der Waals surface area contributed by atoms with Gasteiger partial charge in [-0.25, -0.2) is 0 Å². The van der Waals surface area contributed by atoms with Crippen LogP contribution in [0, 0.1) is 0 Å². The van der Waals surface area contributed by atoms with E-state index in [4.69, 9.17) is 14.2 Å². The fraction of sp³-hybridized carbons (Fsp3) is 0.333. The Morgan fingerprint density at radius 2 is 1.68 bits per heavy atom. The predicted molar refractivity (Wildman–Crippen MR) is 107 cm³/mol. The van der Waals surface area contributed by atoms with Crippen LogP contribution in [0.5, 0.6) is 28.7 Å². The molecule has 1 fully saturated rings. The monoisotopic (exact) mass is 436 g/mol. The second-order valence-corrected chi connectivity index (χ2v) is 7.02. The van der Waals surface area contributed by atoms with Crippen LogP contribution in [0.1, 0.15) is 11.1 Å². The van der Waals surface area contributed by atoms with Gasteiger partial charge in [0.15, 0.2) is 11.5 Å². The normalized spacial score (nSPS) is 25.8. The number of hydrogen-bond donors (Lipinski definition) is 7. The summed E-state index contributed by atoms with van der Waals surface area (Å²) in [6.45, 7) is 3.27. The molecule has 3 rings (SSSR count). The molecule has 7 N–H and O–H groups in total. The molecular weight excluding hydrogens is 412 g/mol. The summed E-state index contributed by atoms with van der Waals surface area (Å²) in [6, 6.07) is 6.61. The lowest BCUT2D eigenvalue weighted by Crippen LogP contribution is -2.60. The highest BCUT2D eigenvalue weighted by molar-refractivity contribution is 5.85. The van der Waals surface area contributed by atoms with Crippen LogP contribution in [0.3, 0.4) is 0 Å². The van der Waals surface area contributed by atoms with Gasteiger partial charge in [0.1, 0.15) is 41.7 Å². The van der Waals surface area contributed by atoms with E-state index in [-0.39, 0.29) is 34.1 Å². The molecule has 0 aliphatic carbocycles. The fourth-order valence-electron chi connectivity index (χ4n) is 3.24. The number of phenolic OH excluding ortho intramolecular Hbond substituents is 3. The van der Waals surface area contributed by atoms with Crippen molar-refractivity contribution in [1.29, 1.82) is 0 Å². The summed E-state index contributed by atoms with van der Waals surface area (Å²) in [4.78, 5) is 0. The van der Waals surface area contributed by atoms with E-state index >= 15 is 0 Å². The van der Waals surface area contributed by atoms with Gasteiger partial charge in [0, 0.05) is 12.1 Å². The van der Waals surface area contributed by atoms with Crippen molar-refractivity contribution < 1.29 is 50.0 Å². The van der Waals surface area contributed by atoms with Crippen molar-refractivity contribution in [1.82, 2.24) is 0 Å². The molecule has 0 amide bonds. The third-order valence-electron chi connectivity index (χ3n) is 5.01. The number of rotatable bonds is 6. The topological polar surface area (TPSA) is 169 Å². The van der Waals surface area contributed by atoms with Gasteiger partial charge >= 0.3 is 0 Å². The summed E-state index contributed by atoms with van der Waals surface area (Å²) in [5, 5.41) is 69.5. The molecule has 0 bridgehead atoms. The highest BCUT2D eigenvalue weighted by atomic mass is 16.7. The molecular formula is C21H24O10. The van der Waals surface area contributed by atoms with Crippen LogP contribution in [0.25, 0.3) is 5.57 Å². The van der Waals surface area contributed by atoms with Crippen LogP contribution in [0.4, 0.5) is 0 Å². The Labute approximate surface area is 177 Å². The van der Waals surface area contributed by atoms with Crippen LogP contribution >= 0.6 is 0 Å². The molecule has 0 radical (unpaired) electrons. The van der Waals surface area contributed by atoms with Gasteiger partial charge in [0.2, 0.25) is 6.29 Å². The minimum Gasteiger partial charge on any atom is -0.507 e. The summed E-state index contributed by atoms with van der Waals surface area (Å²) in [7, 11) is 1.36. The Bertz CT molecular complexity index is 957. The van der Waals surface area contributed by atoms with Gasteiger partial charge < -0.3 is 50.0 Å². The average molecular weight is 436 g/mol. The number of hydrogen-bond acceptors (Lipinski definition) is 10. The van der Waals surface area contributed by atoms with E-state index in [0.29, 0.717) is 5.56 Å². The number of benzene rings is 2. The third-order valence-corrected chi connectivity index (χ3v) is 5.01. The van der Waals surface area contributed by atoms with E-state index in [1.165, 1.54) is 37.4 Å². The highest BCUT2D eigenvalue weighted by Gasteiger charge is 2.45. The van der Waals surface area contributed by atoms with Gasteiger partial charge in [0.25, 0.3) is 0 Å². The van der Waals surface area contributed by atoms with Gasteiger partial charge in [-0.1, -0.05) is 12.6 Å². The molecule has 1 saturated heterocycles. The van der Waals surface area contributed by atoms with Gasteiger partial charge in [-0.2, -0.15) is 0 Å². The standard InChI is InChI=1S/C21H24O10/c1-9(10-3-4-12(23)13(24)5-10)17-14(25)6-11(29-2)7-15(17)30-21-20(28)19(27)18(26)16(8-22)31-21/h3-7,16,18-28H,1,8H2,2H3/t16-,18-,19-,20-,21-/m0/s1. The van der Waals surface area contributed by atoms with E-state index < -0.39 is 43.1 Å². The zero-order chi connectivity index (χ0) is 22.9. The summed E-state index contributed by atoms with van der Waals surface area (Å²) >= 11 is 0. The van der Waals surface area contributed by atoms with Crippen molar-refractivity contribution in [2.75, 3.05) is 13.7 Å². The quantitative estimate of drug-likeness (QED) is 0.307. The van der Waals surface area contributed by atoms with E-state index in [1.54, 1.807) is 0 Å².